The molecule has 1 N–H and O–H groups in total. The van der Waals surface area contributed by atoms with E-state index in [1.165, 1.54) is 0 Å². The molecule has 1 heterocycles. The quantitative estimate of drug-likeness (QED) is 0.741. The maximum atomic E-state index is 6.14. The lowest BCUT2D eigenvalue weighted by Crippen LogP contribution is -2.26. The van der Waals surface area contributed by atoms with E-state index in [4.69, 9.17) is 16.3 Å². The molecule has 1 unspecified atom stereocenters. The molecule has 0 aliphatic carbocycles. The van der Waals surface area contributed by atoms with Gasteiger partial charge in [0.15, 0.2) is 0 Å². The van der Waals surface area contributed by atoms with Crippen molar-refractivity contribution in [3.63, 3.8) is 0 Å². The summed E-state index contributed by atoms with van der Waals surface area (Å²) in [6, 6.07) is 0.309. The normalized spacial score (nSPS) is 12.9. The summed E-state index contributed by atoms with van der Waals surface area (Å²) in [6.07, 6.45) is 1.04. The molecular weight excluding hydrogens is 250 g/mol. The topological polar surface area (TPSA) is 39.1 Å². The SMILES string of the molecule is CCOCCCNCC(C)n1nc(C)c(Cl)c1C. The van der Waals surface area contributed by atoms with Crippen molar-refractivity contribution in [2.45, 2.75) is 40.2 Å². The van der Waals surface area contributed by atoms with Crippen molar-refractivity contribution in [1.29, 1.82) is 0 Å². The van der Waals surface area contributed by atoms with Gasteiger partial charge in [-0.15, -0.1) is 0 Å². The predicted molar refractivity (Wildman–Crippen MR) is 75.4 cm³/mol. The van der Waals surface area contributed by atoms with Crippen molar-refractivity contribution in [1.82, 2.24) is 15.1 Å². The van der Waals surface area contributed by atoms with E-state index in [9.17, 15) is 0 Å². The Morgan fingerprint density at radius 3 is 2.72 bits per heavy atom. The second-order valence-electron chi connectivity index (χ2n) is 4.53. The Kier molecular flexibility index (Phi) is 6.68. The van der Waals surface area contributed by atoms with E-state index in [0.29, 0.717) is 6.04 Å². The van der Waals surface area contributed by atoms with Crippen LogP contribution in [-0.4, -0.2) is 36.1 Å². The second kappa shape index (κ2) is 7.77. The van der Waals surface area contributed by atoms with E-state index in [1.54, 1.807) is 0 Å². The molecule has 0 spiro atoms. The summed E-state index contributed by atoms with van der Waals surface area (Å²) in [5, 5.41) is 8.65. The first-order valence-electron chi connectivity index (χ1n) is 6.57. The molecule has 0 aliphatic rings. The van der Waals surface area contributed by atoms with Gasteiger partial charge in [0, 0.05) is 19.8 Å². The average molecular weight is 274 g/mol. The van der Waals surface area contributed by atoms with Crippen LogP contribution in [0.25, 0.3) is 0 Å². The van der Waals surface area contributed by atoms with E-state index in [0.717, 1.165) is 49.1 Å². The van der Waals surface area contributed by atoms with Crippen LogP contribution in [0.5, 0.6) is 0 Å². The summed E-state index contributed by atoms with van der Waals surface area (Å²) in [7, 11) is 0. The third-order valence-corrected chi connectivity index (χ3v) is 3.49. The lowest BCUT2D eigenvalue weighted by Gasteiger charge is -2.15. The molecule has 1 rings (SSSR count). The van der Waals surface area contributed by atoms with Gasteiger partial charge in [0.2, 0.25) is 0 Å². The van der Waals surface area contributed by atoms with Crippen LogP contribution in [-0.2, 0) is 4.74 Å². The van der Waals surface area contributed by atoms with Crippen LogP contribution < -0.4 is 5.32 Å². The van der Waals surface area contributed by atoms with Gasteiger partial charge in [-0.05, 0) is 40.7 Å². The maximum Gasteiger partial charge on any atom is 0.0844 e. The molecular formula is C13H24ClN3O. The fourth-order valence-corrected chi connectivity index (χ4v) is 2.04. The predicted octanol–water partition coefficient (Wildman–Crippen LogP) is 2.73. The first-order chi connectivity index (χ1) is 8.57. The van der Waals surface area contributed by atoms with Crippen molar-refractivity contribution in [3.8, 4) is 0 Å². The summed E-state index contributed by atoms with van der Waals surface area (Å²) in [6.45, 7) is 11.6. The van der Waals surface area contributed by atoms with Crippen molar-refractivity contribution >= 4 is 11.6 Å². The molecule has 0 aromatic carbocycles. The van der Waals surface area contributed by atoms with E-state index >= 15 is 0 Å². The van der Waals surface area contributed by atoms with Crippen LogP contribution in [0.2, 0.25) is 5.02 Å². The molecule has 1 aromatic rings. The highest BCUT2D eigenvalue weighted by Gasteiger charge is 2.13. The van der Waals surface area contributed by atoms with Crippen molar-refractivity contribution in [3.05, 3.63) is 16.4 Å². The van der Waals surface area contributed by atoms with E-state index in [1.807, 2.05) is 25.5 Å². The van der Waals surface area contributed by atoms with Crippen LogP contribution >= 0.6 is 11.6 Å². The Hall–Kier alpha value is -0.580. The Morgan fingerprint density at radius 1 is 1.44 bits per heavy atom. The Labute approximate surface area is 115 Å². The molecule has 104 valence electrons. The molecule has 0 fully saturated rings. The fraction of sp³-hybridized carbons (Fsp3) is 0.769. The van der Waals surface area contributed by atoms with Crippen molar-refractivity contribution < 1.29 is 4.74 Å². The first-order valence-corrected chi connectivity index (χ1v) is 6.95. The summed E-state index contributed by atoms with van der Waals surface area (Å²) in [4.78, 5) is 0. The molecule has 18 heavy (non-hydrogen) atoms. The zero-order valence-electron chi connectivity index (χ0n) is 11.8. The maximum absolute atomic E-state index is 6.14. The molecule has 0 bridgehead atoms. The number of hydrogen-bond acceptors (Lipinski definition) is 3. The number of hydrogen-bond donors (Lipinski definition) is 1. The smallest absolute Gasteiger partial charge is 0.0844 e. The van der Waals surface area contributed by atoms with Crippen LogP contribution in [0.15, 0.2) is 0 Å². The Balaban J connectivity index is 2.32. The number of aryl methyl sites for hydroxylation is 1. The standard InChI is InChI=1S/C13H24ClN3O/c1-5-18-8-6-7-15-9-10(2)17-12(4)13(14)11(3)16-17/h10,15H,5-9H2,1-4H3. The Morgan fingerprint density at radius 2 is 2.17 bits per heavy atom. The average Bonchev–Trinajstić information content (AvgIpc) is 2.61. The fourth-order valence-electron chi connectivity index (χ4n) is 1.91. The van der Waals surface area contributed by atoms with Gasteiger partial charge in [-0.2, -0.15) is 5.10 Å². The van der Waals surface area contributed by atoms with E-state index in [-0.39, 0.29) is 0 Å². The number of aromatic nitrogens is 2. The number of nitrogens with zero attached hydrogens (tertiary/aromatic N) is 2. The Bertz CT molecular complexity index is 365. The van der Waals surface area contributed by atoms with Gasteiger partial charge in [-0.3, -0.25) is 4.68 Å². The van der Waals surface area contributed by atoms with Gasteiger partial charge in [-0.25, -0.2) is 0 Å². The van der Waals surface area contributed by atoms with Gasteiger partial charge in [0.1, 0.15) is 0 Å². The number of ether oxygens (including phenoxy) is 1. The monoisotopic (exact) mass is 273 g/mol. The highest BCUT2D eigenvalue weighted by molar-refractivity contribution is 6.31. The number of halogens is 1. The summed E-state index contributed by atoms with van der Waals surface area (Å²) in [5.41, 5.74) is 1.94. The molecule has 0 saturated carbocycles. The van der Waals surface area contributed by atoms with Crippen LogP contribution in [0.3, 0.4) is 0 Å². The third kappa shape index (κ3) is 4.26. The molecule has 0 aliphatic heterocycles. The molecule has 0 saturated heterocycles. The van der Waals surface area contributed by atoms with Gasteiger partial charge in [0.05, 0.1) is 22.5 Å². The number of nitrogens with one attached hydrogen (secondary N) is 1. The molecule has 0 amide bonds. The first kappa shape index (κ1) is 15.5. The molecule has 4 nitrogen and oxygen atoms in total. The van der Waals surface area contributed by atoms with E-state index in [2.05, 4.69) is 17.3 Å². The minimum atomic E-state index is 0.309. The largest absolute Gasteiger partial charge is 0.382 e. The molecule has 1 atom stereocenters. The molecule has 5 heteroatoms. The van der Waals surface area contributed by atoms with Crippen molar-refractivity contribution in [2.75, 3.05) is 26.3 Å². The van der Waals surface area contributed by atoms with Crippen LogP contribution in [0.4, 0.5) is 0 Å². The highest BCUT2D eigenvalue weighted by atomic mass is 35.5. The summed E-state index contributed by atoms with van der Waals surface area (Å²) < 4.78 is 7.28. The minimum Gasteiger partial charge on any atom is -0.382 e. The van der Waals surface area contributed by atoms with Gasteiger partial charge < -0.3 is 10.1 Å². The molecule has 0 radical (unpaired) electrons. The second-order valence-corrected chi connectivity index (χ2v) is 4.91. The van der Waals surface area contributed by atoms with Gasteiger partial charge in [0.25, 0.3) is 0 Å². The minimum absolute atomic E-state index is 0.309. The van der Waals surface area contributed by atoms with Crippen molar-refractivity contribution in [2.24, 2.45) is 0 Å². The summed E-state index contributed by atoms with van der Waals surface area (Å²) in [5.74, 6) is 0. The zero-order chi connectivity index (χ0) is 13.5. The van der Waals surface area contributed by atoms with Crippen LogP contribution in [0, 0.1) is 13.8 Å². The van der Waals surface area contributed by atoms with Crippen LogP contribution in [0.1, 0.15) is 37.7 Å². The van der Waals surface area contributed by atoms with Gasteiger partial charge in [-0.1, -0.05) is 11.6 Å². The molecule has 1 aromatic heterocycles. The lowest BCUT2D eigenvalue weighted by atomic mass is 10.3. The zero-order valence-corrected chi connectivity index (χ0v) is 12.5. The number of rotatable bonds is 8. The van der Waals surface area contributed by atoms with Gasteiger partial charge >= 0.3 is 0 Å². The highest BCUT2D eigenvalue weighted by Crippen LogP contribution is 2.21. The summed E-state index contributed by atoms with van der Waals surface area (Å²) >= 11 is 6.14. The third-order valence-electron chi connectivity index (χ3n) is 2.94. The van der Waals surface area contributed by atoms with E-state index < -0.39 is 0 Å². The lowest BCUT2D eigenvalue weighted by molar-refractivity contribution is 0.144.